The Hall–Kier alpha value is -1.26. The first-order chi connectivity index (χ1) is 13.1. The number of aliphatic imine (C=N–C) groups is 1. The summed E-state index contributed by atoms with van der Waals surface area (Å²) < 4.78 is 19.3. The molecule has 0 aliphatic carbocycles. The third-order valence-electron chi connectivity index (χ3n) is 4.58. The lowest BCUT2D eigenvalue weighted by Crippen LogP contribution is -2.51. The number of rotatable bonds is 5. The second kappa shape index (κ2) is 11.1. The van der Waals surface area contributed by atoms with Crippen molar-refractivity contribution in [1.29, 1.82) is 0 Å². The lowest BCUT2D eigenvalue weighted by atomic mass is 10.1. The van der Waals surface area contributed by atoms with E-state index < -0.39 is 0 Å². The summed E-state index contributed by atoms with van der Waals surface area (Å²) in [6, 6.07) is 6.54. The van der Waals surface area contributed by atoms with Crippen LogP contribution in [0.15, 0.2) is 34.6 Å². The van der Waals surface area contributed by atoms with Gasteiger partial charge in [-0.15, -0.1) is 35.3 Å². The van der Waals surface area contributed by atoms with E-state index in [0.717, 1.165) is 43.1 Å². The zero-order chi connectivity index (χ0) is 19.2. The van der Waals surface area contributed by atoms with Crippen molar-refractivity contribution in [1.82, 2.24) is 15.2 Å². The first-order valence-corrected chi connectivity index (χ1v) is 10.3. The summed E-state index contributed by atoms with van der Waals surface area (Å²) in [4.78, 5) is 11.3. The van der Waals surface area contributed by atoms with Crippen LogP contribution in [0.5, 0.6) is 0 Å². The summed E-state index contributed by atoms with van der Waals surface area (Å²) >= 11 is 1.72. The molecular weight excluding hydrogens is 490 g/mol. The summed E-state index contributed by atoms with van der Waals surface area (Å²) in [5, 5.41) is 6.75. The summed E-state index contributed by atoms with van der Waals surface area (Å²) in [7, 11) is 1.80. The molecule has 1 aliphatic rings. The van der Waals surface area contributed by atoms with E-state index in [1.54, 1.807) is 30.5 Å². The van der Waals surface area contributed by atoms with Crippen LogP contribution in [0.1, 0.15) is 36.2 Å². The molecule has 0 spiro atoms. The Morgan fingerprint density at radius 2 is 2.11 bits per heavy atom. The third kappa shape index (κ3) is 6.12. The molecule has 8 heteroatoms. The van der Waals surface area contributed by atoms with Gasteiger partial charge in [0.1, 0.15) is 11.9 Å². The largest absolute Gasteiger partial charge is 0.367 e. The van der Waals surface area contributed by atoms with Crippen molar-refractivity contribution in [2.75, 3.05) is 26.7 Å². The Labute approximate surface area is 187 Å². The lowest BCUT2D eigenvalue weighted by Gasteiger charge is -2.38. The van der Waals surface area contributed by atoms with Crippen molar-refractivity contribution < 1.29 is 9.13 Å². The Morgan fingerprint density at radius 1 is 1.36 bits per heavy atom. The second-order valence-corrected chi connectivity index (χ2v) is 7.64. The maximum Gasteiger partial charge on any atom is 0.193 e. The average Bonchev–Trinajstić information content (AvgIpc) is 3.13. The molecule has 2 heterocycles. The van der Waals surface area contributed by atoms with Gasteiger partial charge in [-0.1, -0.05) is 19.1 Å². The molecule has 1 saturated heterocycles. The van der Waals surface area contributed by atoms with E-state index in [1.165, 1.54) is 17.1 Å². The van der Waals surface area contributed by atoms with Gasteiger partial charge >= 0.3 is 0 Å². The van der Waals surface area contributed by atoms with Crippen molar-refractivity contribution in [3.8, 4) is 0 Å². The fourth-order valence-electron chi connectivity index (χ4n) is 3.25. The van der Waals surface area contributed by atoms with E-state index in [4.69, 9.17) is 4.74 Å². The molecule has 0 radical (unpaired) electrons. The van der Waals surface area contributed by atoms with Crippen molar-refractivity contribution in [2.24, 2.45) is 4.99 Å². The summed E-state index contributed by atoms with van der Waals surface area (Å²) in [6.07, 6.45) is 1.82. The molecule has 1 aromatic heterocycles. The number of hydrogen-bond donors (Lipinski definition) is 1. The highest BCUT2D eigenvalue weighted by molar-refractivity contribution is 14.0. The molecule has 5 nitrogen and oxygen atoms in total. The molecule has 2 aromatic rings. The summed E-state index contributed by atoms with van der Waals surface area (Å²) in [6.45, 7) is 6.42. The number of nitrogens with zero attached hydrogens (tertiary/aromatic N) is 3. The molecular formula is C20H28FIN4OS. The quantitative estimate of drug-likeness (QED) is 0.369. The molecule has 3 rings (SSSR count). The first kappa shape index (κ1) is 23.0. The Bertz CT molecular complexity index is 768. The number of thiazole rings is 1. The molecule has 2 atom stereocenters. The fraction of sp³-hybridized carbons (Fsp3) is 0.500. The molecule has 1 fully saturated rings. The van der Waals surface area contributed by atoms with Gasteiger partial charge in [-0.05, 0) is 31.0 Å². The highest BCUT2D eigenvalue weighted by Gasteiger charge is 2.28. The van der Waals surface area contributed by atoms with E-state index in [-0.39, 0.29) is 42.0 Å². The average molecular weight is 518 g/mol. The van der Waals surface area contributed by atoms with Gasteiger partial charge in [0.2, 0.25) is 0 Å². The van der Waals surface area contributed by atoms with Crippen LogP contribution in [0, 0.1) is 5.82 Å². The number of nitrogens with one attached hydrogen (secondary N) is 1. The van der Waals surface area contributed by atoms with E-state index in [9.17, 15) is 4.39 Å². The Kier molecular flexibility index (Phi) is 9.10. The van der Waals surface area contributed by atoms with E-state index >= 15 is 0 Å². The van der Waals surface area contributed by atoms with Crippen LogP contribution in [-0.4, -0.2) is 48.6 Å². The fourth-order valence-corrected chi connectivity index (χ4v) is 4.03. The maximum absolute atomic E-state index is 13.2. The highest BCUT2D eigenvalue weighted by Crippen LogP contribution is 2.25. The lowest BCUT2D eigenvalue weighted by molar-refractivity contribution is -0.0604. The van der Waals surface area contributed by atoms with Gasteiger partial charge in [0.05, 0.1) is 23.4 Å². The van der Waals surface area contributed by atoms with Crippen molar-refractivity contribution in [3.63, 3.8) is 0 Å². The van der Waals surface area contributed by atoms with Crippen molar-refractivity contribution in [2.45, 2.75) is 38.9 Å². The molecule has 1 aliphatic heterocycles. The van der Waals surface area contributed by atoms with Crippen LogP contribution < -0.4 is 5.32 Å². The van der Waals surface area contributed by atoms with Gasteiger partial charge < -0.3 is 15.0 Å². The van der Waals surface area contributed by atoms with Crippen LogP contribution >= 0.6 is 35.3 Å². The Morgan fingerprint density at radius 3 is 2.75 bits per heavy atom. The number of halogens is 2. The summed E-state index contributed by atoms with van der Waals surface area (Å²) in [5.74, 6) is 0.633. The van der Waals surface area contributed by atoms with Gasteiger partial charge in [0, 0.05) is 31.9 Å². The monoisotopic (exact) mass is 518 g/mol. The van der Waals surface area contributed by atoms with Crippen molar-refractivity contribution >= 4 is 41.3 Å². The molecule has 28 heavy (non-hydrogen) atoms. The Balaban J connectivity index is 0.00000280. The van der Waals surface area contributed by atoms with Gasteiger partial charge in [0.15, 0.2) is 5.96 Å². The van der Waals surface area contributed by atoms with Crippen LogP contribution in [0.3, 0.4) is 0 Å². The van der Waals surface area contributed by atoms with E-state index in [2.05, 4.69) is 39.4 Å². The third-order valence-corrected chi connectivity index (χ3v) is 5.62. The zero-order valence-electron chi connectivity index (χ0n) is 16.5. The van der Waals surface area contributed by atoms with Crippen molar-refractivity contribution in [3.05, 3.63) is 51.7 Å². The minimum Gasteiger partial charge on any atom is -0.367 e. The minimum atomic E-state index is -0.231. The molecule has 0 saturated carbocycles. The maximum atomic E-state index is 13.2. The zero-order valence-corrected chi connectivity index (χ0v) is 19.7. The number of benzene rings is 1. The minimum absolute atomic E-state index is 0. The second-order valence-electron chi connectivity index (χ2n) is 6.70. The van der Waals surface area contributed by atoms with Crippen LogP contribution in [-0.2, 0) is 17.6 Å². The number of guanidine groups is 1. The molecule has 1 aromatic carbocycles. The number of ether oxygens (including phenoxy) is 1. The smallest absolute Gasteiger partial charge is 0.193 e. The molecule has 2 unspecified atom stereocenters. The molecule has 0 bridgehead atoms. The van der Waals surface area contributed by atoms with Crippen LogP contribution in [0.2, 0.25) is 0 Å². The summed E-state index contributed by atoms with van der Waals surface area (Å²) in [5.41, 5.74) is 2.11. The van der Waals surface area contributed by atoms with Gasteiger partial charge in [-0.25, -0.2) is 9.37 Å². The molecule has 1 N–H and O–H groups in total. The number of morpholine rings is 1. The van der Waals surface area contributed by atoms with E-state index in [0.29, 0.717) is 6.54 Å². The SMILES string of the molecule is CCc1nc(CCNC(=NC)N2CC(C)OC(c3ccc(F)cc3)C2)cs1.I. The topological polar surface area (TPSA) is 49.8 Å². The number of hydrogen-bond acceptors (Lipinski definition) is 4. The molecule has 154 valence electrons. The first-order valence-electron chi connectivity index (χ1n) is 9.38. The van der Waals surface area contributed by atoms with Crippen LogP contribution in [0.25, 0.3) is 0 Å². The normalized spacial score (nSPS) is 20.0. The highest BCUT2D eigenvalue weighted by atomic mass is 127. The van der Waals surface area contributed by atoms with Gasteiger partial charge in [0.25, 0.3) is 0 Å². The predicted octanol–water partition coefficient (Wildman–Crippen LogP) is 4.04. The standard InChI is InChI=1S/C20H27FN4OS.HI/c1-4-19-24-17(13-27-19)9-10-23-20(22-3)25-11-14(2)26-18(12-25)15-5-7-16(21)8-6-15;/h5-8,13-14,18H,4,9-12H2,1-3H3,(H,22,23);1H. The van der Waals surface area contributed by atoms with Gasteiger partial charge in [-0.2, -0.15) is 0 Å². The molecule has 0 amide bonds. The van der Waals surface area contributed by atoms with Crippen LogP contribution in [0.4, 0.5) is 4.39 Å². The van der Waals surface area contributed by atoms with Gasteiger partial charge in [-0.3, -0.25) is 4.99 Å². The number of aromatic nitrogens is 1. The number of aryl methyl sites for hydroxylation is 1. The van der Waals surface area contributed by atoms with E-state index in [1.807, 2.05) is 0 Å². The predicted molar refractivity (Wildman–Crippen MR) is 123 cm³/mol.